The largest absolute Gasteiger partial charge is 0.457 e. The summed E-state index contributed by atoms with van der Waals surface area (Å²) in [6.45, 7) is 5.46. The number of nitrogens with one attached hydrogen (secondary N) is 2. The van der Waals surface area contributed by atoms with Crippen LogP contribution in [-0.4, -0.2) is 216 Å². The molecular formula is C64H84N5O23S2+. The van der Waals surface area contributed by atoms with Crippen molar-refractivity contribution in [3.63, 3.8) is 0 Å². The van der Waals surface area contributed by atoms with Gasteiger partial charge in [0.15, 0.2) is 5.71 Å². The van der Waals surface area contributed by atoms with Gasteiger partial charge in [0.2, 0.25) is 5.69 Å². The first-order chi connectivity index (χ1) is 44.2. The Labute approximate surface area is 543 Å². The molecule has 4 aliphatic rings. The van der Waals surface area contributed by atoms with E-state index in [9.17, 15) is 101 Å². The zero-order valence-corrected chi connectivity index (χ0v) is 54.1. The van der Waals surface area contributed by atoms with E-state index in [0.29, 0.717) is 95.2 Å². The Kier molecular flexibility index (Phi) is 25.0. The molecule has 3 aromatic rings. The number of amides is 4. The molecule has 94 heavy (non-hydrogen) atoms. The van der Waals surface area contributed by atoms with Gasteiger partial charge in [0.1, 0.15) is 54.7 Å². The number of imide groups is 1. The predicted octanol–water partition coefficient (Wildman–Crippen LogP) is 1.16. The predicted molar refractivity (Wildman–Crippen MR) is 337 cm³/mol. The standard InChI is InChI=1S/C64H83N5O23S2/c1-63(2)43-31-39(61(83)65-33-47(72)56(79)58(81)49(74)35-70)14-22-45(43)67(28-7-5-6-13-55(78)92-69-53(76)26-27-54(69)77)51(63)24-16-37-11-10-12-38(60(37)91-41-18-20-42(21-19-41)94(88,89)90)17-25-52-64(3,4)44-32-40(15-23-46(44)68(52)29-8-9-30-93(85,86)87)62(84)66-34-48(73)57(80)59(82)50(75)36-71/h14-25,31-32,47-50,56-59,70-75,79-82H,5-13,26-30,33-36H2,1-4H3,(H3-,65,66,83,84,85,86,87,88,89,90)/p+1/t47-,48-,49+,50+,56+,57+,58+,59+/m0/s1. The van der Waals surface area contributed by atoms with Gasteiger partial charge in [-0.1, -0.05) is 19.9 Å². The lowest BCUT2D eigenvalue weighted by Gasteiger charge is -2.27. The molecule has 8 atom stereocenters. The number of carbonyl (C=O) groups is 5. The molecule has 0 aromatic heterocycles. The number of fused-ring (bicyclic) bond motifs is 2. The van der Waals surface area contributed by atoms with E-state index in [1.807, 2.05) is 56.9 Å². The summed E-state index contributed by atoms with van der Waals surface area (Å²) in [6, 6.07) is 15.0. The zero-order chi connectivity index (χ0) is 69.2. The maximum Gasteiger partial charge on any atom is 0.333 e. The smallest absolute Gasteiger partial charge is 0.333 e. The molecule has 0 bridgehead atoms. The molecule has 514 valence electrons. The van der Waals surface area contributed by atoms with Crippen molar-refractivity contribution in [3.8, 4) is 5.75 Å². The van der Waals surface area contributed by atoms with Gasteiger partial charge in [-0.25, -0.2) is 4.79 Å². The van der Waals surface area contributed by atoms with Crippen molar-refractivity contribution >= 4 is 66.9 Å². The number of benzene rings is 3. The summed E-state index contributed by atoms with van der Waals surface area (Å²) in [4.78, 5) is 70.9. The topological polar surface area (TPSA) is 448 Å². The first-order valence-electron chi connectivity index (χ1n) is 30.7. The van der Waals surface area contributed by atoms with Crippen LogP contribution in [0.1, 0.15) is 130 Å². The van der Waals surface area contributed by atoms with Crippen molar-refractivity contribution < 1.29 is 115 Å². The fourth-order valence-electron chi connectivity index (χ4n) is 11.7. The summed E-state index contributed by atoms with van der Waals surface area (Å²) < 4.78 is 76.1. The zero-order valence-electron chi connectivity index (χ0n) is 52.4. The van der Waals surface area contributed by atoms with E-state index in [1.165, 1.54) is 30.3 Å². The number of ether oxygens (including phenoxy) is 1. The van der Waals surface area contributed by atoms with Crippen molar-refractivity contribution in [2.75, 3.05) is 50.0 Å². The Balaban J connectivity index is 1.26. The second kappa shape index (κ2) is 31.6. The summed E-state index contributed by atoms with van der Waals surface area (Å²) in [7, 11) is -8.90. The number of nitrogens with zero attached hydrogens (tertiary/aromatic N) is 3. The highest BCUT2D eigenvalue weighted by molar-refractivity contribution is 7.86. The summed E-state index contributed by atoms with van der Waals surface area (Å²) in [5.74, 6) is -3.18. The first kappa shape index (κ1) is 74.3. The summed E-state index contributed by atoms with van der Waals surface area (Å²) >= 11 is 0. The monoisotopic (exact) mass is 1350 g/mol. The number of allylic oxidation sites excluding steroid dienone is 7. The summed E-state index contributed by atoms with van der Waals surface area (Å²) in [6.07, 6.45) is -4.13. The van der Waals surface area contributed by atoms with Gasteiger partial charge in [-0.05, 0) is 142 Å². The van der Waals surface area contributed by atoms with Gasteiger partial charge in [0.05, 0.1) is 41.5 Å². The number of aliphatic hydroxyl groups excluding tert-OH is 10. The summed E-state index contributed by atoms with van der Waals surface area (Å²) in [5, 5.41) is 106. The van der Waals surface area contributed by atoms with E-state index in [-0.39, 0.29) is 60.4 Å². The minimum Gasteiger partial charge on any atom is -0.457 e. The summed E-state index contributed by atoms with van der Waals surface area (Å²) in [5.41, 5.74) is 4.09. The Hall–Kier alpha value is -7.14. The van der Waals surface area contributed by atoms with Crippen LogP contribution in [0.15, 0.2) is 112 Å². The van der Waals surface area contributed by atoms with Crippen LogP contribution in [0, 0.1) is 0 Å². The molecule has 3 aromatic carbocycles. The first-order valence-corrected chi connectivity index (χ1v) is 33.8. The molecule has 30 heteroatoms. The van der Waals surface area contributed by atoms with Crippen LogP contribution >= 0.6 is 0 Å². The molecule has 1 saturated heterocycles. The van der Waals surface area contributed by atoms with Crippen LogP contribution in [0.2, 0.25) is 0 Å². The molecule has 1 aliphatic carbocycles. The van der Waals surface area contributed by atoms with Gasteiger partial charge in [-0.15, -0.1) is 5.06 Å². The minimum atomic E-state index is -4.60. The maximum atomic E-state index is 13.7. The van der Waals surface area contributed by atoms with Crippen LogP contribution in [0.4, 0.5) is 11.4 Å². The van der Waals surface area contributed by atoms with E-state index in [0.717, 1.165) is 5.71 Å². The molecule has 0 radical (unpaired) electrons. The molecule has 14 N–H and O–H groups in total. The minimum absolute atomic E-state index is 0.0550. The lowest BCUT2D eigenvalue weighted by atomic mass is 9.80. The third kappa shape index (κ3) is 18.0. The molecule has 3 aliphatic heterocycles. The molecular weight excluding hydrogens is 1270 g/mol. The highest BCUT2D eigenvalue weighted by Gasteiger charge is 2.46. The van der Waals surface area contributed by atoms with E-state index >= 15 is 0 Å². The number of hydrogen-bond acceptors (Lipinski definition) is 22. The highest BCUT2D eigenvalue weighted by Crippen LogP contribution is 2.49. The fraction of sp³-hybridized carbons (Fsp3) is 0.500. The molecule has 1 fully saturated rings. The number of rotatable bonds is 32. The highest BCUT2D eigenvalue weighted by atomic mass is 32.2. The lowest BCUT2D eigenvalue weighted by Crippen LogP contribution is -2.49. The molecule has 0 saturated carbocycles. The van der Waals surface area contributed by atoms with Crippen LogP contribution in [0.3, 0.4) is 0 Å². The Bertz CT molecular complexity index is 3680. The molecule has 4 amide bonds. The van der Waals surface area contributed by atoms with Crippen molar-refractivity contribution in [2.45, 2.75) is 163 Å². The van der Waals surface area contributed by atoms with Gasteiger partial charge in [-0.3, -0.25) is 28.3 Å². The third-order valence-corrected chi connectivity index (χ3v) is 18.8. The Morgan fingerprint density at radius 3 is 1.78 bits per heavy atom. The van der Waals surface area contributed by atoms with E-state index in [2.05, 4.69) is 15.2 Å². The fourth-order valence-corrected chi connectivity index (χ4v) is 12.7. The van der Waals surface area contributed by atoms with Gasteiger partial charge >= 0.3 is 5.97 Å². The molecule has 0 unspecified atom stereocenters. The second-order valence-electron chi connectivity index (χ2n) is 24.6. The number of carbonyl (C=O) groups excluding carboxylic acids is 5. The van der Waals surface area contributed by atoms with Crippen molar-refractivity contribution in [3.05, 3.63) is 130 Å². The Morgan fingerprint density at radius 1 is 0.649 bits per heavy atom. The van der Waals surface area contributed by atoms with E-state index in [1.54, 1.807) is 30.3 Å². The van der Waals surface area contributed by atoms with Gasteiger partial charge in [0, 0.05) is 90.9 Å². The normalized spacial score (nSPS) is 19.9. The molecule has 0 spiro atoms. The number of hydroxylamine groups is 2. The molecule has 7 rings (SSSR count). The number of aliphatic hydroxyl groups is 10. The van der Waals surface area contributed by atoms with Crippen LogP contribution in [0.25, 0.3) is 0 Å². The third-order valence-electron chi connectivity index (χ3n) is 17.1. The average molecular weight is 1360 g/mol. The SMILES string of the molecule is CC1(C)C(=CC=C2CCCC(C=CC3=[N+](CCCCCC(=O)ON4C(=O)CCC4=O)c4ccc(C(=O)NC[C@H](O)[C@@H](O)[C@H](O)[C@H](O)CO)cc4C3(C)C)=C2Oc2ccc(S(=O)(=O)O)cc2)N(CCCCS(=O)(=O)O)c2ccc(C(=O)NC[C@H](O)[C@@H](O)[C@H](O)[C@H](O)CO)cc21. The quantitative estimate of drug-likeness (QED) is 0.0180. The number of unbranched alkanes of at least 4 members (excludes halogenated alkanes) is 3. The molecule has 28 nitrogen and oxygen atoms in total. The number of anilines is 1. The Morgan fingerprint density at radius 2 is 1.21 bits per heavy atom. The van der Waals surface area contributed by atoms with Crippen LogP contribution in [-0.2, 0) is 50.3 Å². The van der Waals surface area contributed by atoms with Crippen LogP contribution < -0.4 is 20.3 Å². The van der Waals surface area contributed by atoms with Crippen molar-refractivity contribution in [2.24, 2.45) is 0 Å². The van der Waals surface area contributed by atoms with Crippen molar-refractivity contribution in [1.29, 1.82) is 0 Å². The number of hydrogen-bond donors (Lipinski definition) is 14. The van der Waals surface area contributed by atoms with E-state index < -0.39 is 142 Å². The van der Waals surface area contributed by atoms with Crippen molar-refractivity contribution in [1.82, 2.24) is 15.7 Å². The maximum absolute atomic E-state index is 13.7. The average Bonchev–Trinajstić information content (AvgIpc) is 1.59. The molecule has 3 heterocycles. The lowest BCUT2D eigenvalue weighted by molar-refractivity contribution is -0.438. The van der Waals surface area contributed by atoms with Gasteiger partial charge in [-0.2, -0.15) is 21.4 Å². The van der Waals surface area contributed by atoms with Gasteiger partial charge in [0.25, 0.3) is 43.9 Å². The second-order valence-corrected chi connectivity index (χ2v) is 27.6. The van der Waals surface area contributed by atoms with Gasteiger partial charge < -0.3 is 76.2 Å². The van der Waals surface area contributed by atoms with E-state index in [4.69, 9.17) is 9.57 Å². The van der Waals surface area contributed by atoms with Crippen LogP contribution in [0.5, 0.6) is 5.75 Å².